The Bertz CT molecular complexity index is 1060. The number of nitrogens with one attached hydrogen (secondary N) is 1. The van der Waals surface area contributed by atoms with Crippen molar-refractivity contribution in [2.75, 3.05) is 5.32 Å². The Morgan fingerprint density at radius 3 is 2.34 bits per heavy atom. The number of carbonyl (C=O) groups excluding carboxylic acids is 2. The highest BCUT2D eigenvalue weighted by Gasteiger charge is 2.11. The van der Waals surface area contributed by atoms with E-state index in [1.807, 2.05) is 30.3 Å². The van der Waals surface area contributed by atoms with Gasteiger partial charge in [-0.15, -0.1) is 0 Å². The standard InChI is InChI=1S/C22H21N3O4/c1-15(2)29-22(28)17-8-10-18(11-9-17)23-20(26)14-25-21(27)13-12-19(24-25)16-6-4-3-5-7-16/h3-13,15H,14H2,1-2H3,(H,23,26). The maximum absolute atomic E-state index is 12.3. The molecule has 7 heteroatoms. The molecule has 1 amide bonds. The minimum Gasteiger partial charge on any atom is -0.459 e. The molecule has 0 saturated heterocycles. The number of ether oxygens (including phenoxy) is 1. The molecule has 1 N–H and O–H groups in total. The van der Waals surface area contributed by atoms with Gasteiger partial charge in [-0.25, -0.2) is 9.48 Å². The van der Waals surface area contributed by atoms with Crippen LogP contribution in [0.4, 0.5) is 5.69 Å². The quantitative estimate of drug-likeness (QED) is 0.652. The average molecular weight is 391 g/mol. The van der Waals surface area contributed by atoms with Crippen LogP contribution in [-0.4, -0.2) is 27.8 Å². The highest BCUT2D eigenvalue weighted by atomic mass is 16.5. The number of hydrogen-bond acceptors (Lipinski definition) is 5. The summed E-state index contributed by atoms with van der Waals surface area (Å²) in [5, 5.41) is 6.96. The van der Waals surface area contributed by atoms with E-state index in [4.69, 9.17) is 4.74 Å². The monoisotopic (exact) mass is 391 g/mol. The maximum Gasteiger partial charge on any atom is 0.338 e. The molecule has 148 valence electrons. The summed E-state index contributed by atoms with van der Waals surface area (Å²) in [5.41, 5.74) is 1.98. The van der Waals surface area contributed by atoms with Crippen LogP contribution >= 0.6 is 0 Å². The van der Waals surface area contributed by atoms with Crippen LogP contribution < -0.4 is 10.9 Å². The van der Waals surface area contributed by atoms with Crippen molar-refractivity contribution < 1.29 is 14.3 Å². The molecule has 7 nitrogen and oxygen atoms in total. The van der Waals surface area contributed by atoms with Crippen molar-refractivity contribution in [3.05, 3.63) is 82.6 Å². The number of amides is 1. The first-order valence-electron chi connectivity index (χ1n) is 9.17. The maximum atomic E-state index is 12.3. The lowest BCUT2D eigenvalue weighted by molar-refractivity contribution is -0.117. The minimum atomic E-state index is -0.425. The number of aromatic nitrogens is 2. The summed E-state index contributed by atoms with van der Waals surface area (Å²) in [6, 6.07) is 18.8. The molecule has 0 unspecified atom stereocenters. The van der Waals surface area contributed by atoms with E-state index >= 15 is 0 Å². The number of carbonyl (C=O) groups is 2. The summed E-state index contributed by atoms with van der Waals surface area (Å²) >= 11 is 0. The van der Waals surface area contributed by atoms with Gasteiger partial charge in [-0.05, 0) is 44.2 Å². The predicted octanol–water partition coefficient (Wildman–Crippen LogP) is 3.11. The molecular formula is C22H21N3O4. The third-order valence-corrected chi connectivity index (χ3v) is 3.98. The van der Waals surface area contributed by atoms with Crippen LogP contribution in [0.25, 0.3) is 11.3 Å². The molecule has 3 rings (SSSR count). The lowest BCUT2D eigenvalue weighted by Gasteiger charge is -2.10. The van der Waals surface area contributed by atoms with Gasteiger partial charge in [0.1, 0.15) is 6.54 Å². The van der Waals surface area contributed by atoms with E-state index in [9.17, 15) is 14.4 Å². The fourth-order valence-corrected chi connectivity index (χ4v) is 2.63. The molecule has 0 aliphatic rings. The van der Waals surface area contributed by atoms with Gasteiger partial charge < -0.3 is 10.1 Å². The zero-order valence-electron chi connectivity index (χ0n) is 16.2. The van der Waals surface area contributed by atoms with Gasteiger partial charge in [0, 0.05) is 17.3 Å². The topological polar surface area (TPSA) is 90.3 Å². The molecule has 0 bridgehead atoms. The molecule has 29 heavy (non-hydrogen) atoms. The summed E-state index contributed by atoms with van der Waals surface area (Å²) in [7, 11) is 0. The number of rotatable bonds is 6. The first-order chi connectivity index (χ1) is 13.9. The smallest absolute Gasteiger partial charge is 0.338 e. The van der Waals surface area contributed by atoms with Gasteiger partial charge in [-0.1, -0.05) is 30.3 Å². The van der Waals surface area contributed by atoms with Crippen molar-refractivity contribution in [1.29, 1.82) is 0 Å². The van der Waals surface area contributed by atoms with E-state index in [1.165, 1.54) is 6.07 Å². The fraction of sp³-hybridized carbons (Fsp3) is 0.182. The van der Waals surface area contributed by atoms with E-state index in [0.717, 1.165) is 10.2 Å². The van der Waals surface area contributed by atoms with Gasteiger partial charge in [0.25, 0.3) is 5.56 Å². The molecule has 0 aliphatic carbocycles. The molecule has 1 aromatic heterocycles. The second kappa shape index (κ2) is 8.97. The fourth-order valence-electron chi connectivity index (χ4n) is 2.63. The predicted molar refractivity (Wildman–Crippen MR) is 110 cm³/mol. The summed E-state index contributed by atoms with van der Waals surface area (Å²) in [5.74, 6) is -0.825. The van der Waals surface area contributed by atoms with Gasteiger partial charge >= 0.3 is 5.97 Å². The molecule has 0 saturated carbocycles. The van der Waals surface area contributed by atoms with Gasteiger partial charge in [-0.2, -0.15) is 5.10 Å². The third kappa shape index (κ3) is 5.38. The molecule has 0 spiro atoms. The molecular weight excluding hydrogens is 370 g/mol. The van der Waals surface area contributed by atoms with E-state index in [0.29, 0.717) is 16.9 Å². The first-order valence-corrected chi connectivity index (χ1v) is 9.17. The van der Waals surface area contributed by atoms with Crippen molar-refractivity contribution in [3.63, 3.8) is 0 Å². The molecule has 0 fully saturated rings. The molecule has 0 aliphatic heterocycles. The highest BCUT2D eigenvalue weighted by molar-refractivity contribution is 5.93. The van der Waals surface area contributed by atoms with E-state index in [1.54, 1.807) is 44.2 Å². The second-order valence-corrected chi connectivity index (χ2v) is 6.66. The Hall–Kier alpha value is -3.74. The van der Waals surface area contributed by atoms with Crippen molar-refractivity contribution >= 4 is 17.6 Å². The molecule has 0 radical (unpaired) electrons. The van der Waals surface area contributed by atoms with Crippen LogP contribution in [0.15, 0.2) is 71.5 Å². The van der Waals surface area contributed by atoms with Crippen molar-refractivity contribution in [2.45, 2.75) is 26.5 Å². The summed E-state index contributed by atoms with van der Waals surface area (Å²) < 4.78 is 6.24. The van der Waals surface area contributed by atoms with E-state index in [-0.39, 0.29) is 18.2 Å². The van der Waals surface area contributed by atoms with Gasteiger partial charge in [0.2, 0.25) is 5.91 Å². The van der Waals surface area contributed by atoms with Crippen LogP contribution in [-0.2, 0) is 16.1 Å². The normalized spacial score (nSPS) is 10.6. The Balaban J connectivity index is 1.68. The Labute approximate surface area is 168 Å². The van der Waals surface area contributed by atoms with Crippen molar-refractivity contribution in [3.8, 4) is 11.3 Å². The first kappa shape index (κ1) is 20.0. The minimum absolute atomic E-state index is 0.209. The Kier molecular flexibility index (Phi) is 6.19. The van der Waals surface area contributed by atoms with Crippen LogP contribution in [0.3, 0.4) is 0 Å². The lowest BCUT2D eigenvalue weighted by Crippen LogP contribution is -2.29. The van der Waals surface area contributed by atoms with Gasteiger partial charge in [0.15, 0.2) is 0 Å². The molecule has 1 heterocycles. The zero-order chi connectivity index (χ0) is 20.8. The number of esters is 1. The third-order valence-electron chi connectivity index (χ3n) is 3.98. The number of benzene rings is 2. The number of anilines is 1. The largest absolute Gasteiger partial charge is 0.459 e. The van der Waals surface area contributed by atoms with Crippen LogP contribution in [0, 0.1) is 0 Å². The lowest BCUT2D eigenvalue weighted by atomic mass is 10.1. The van der Waals surface area contributed by atoms with E-state index < -0.39 is 11.9 Å². The second-order valence-electron chi connectivity index (χ2n) is 6.66. The van der Waals surface area contributed by atoms with Crippen molar-refractivity contribution in [1.82, 2.24) is 9.78 Å². The molecule has 0 atom stereocenters. The SMILES string of the molecule is CC(C)OC(=O)c1ccc(NC(=O)Cn2nc(-c3ccccc3)ccc2=O)cc1. The van der Waals surface area contributed by atoms with Crippen LogP contribution in [0.1, 0.15) is 24.2 Å². The molecule has 2 aromatic carbocycles. The van der Waals surface area contributed by atoms with Crippen molar-refractivity contribution in [2.24, 2.45) is 0 Å². The van der Waals surface area contributed by atoms with Crippen LogP contribution in [0.2, 0.25) is 0 Å². The van der Waals surface area contributed by atoms with E-state index in [2.05, 4.69) is 10.4 Å². The summed E-state index contributed by atoms with van der Waals surface area (Å²) in [6.07, 6.45) is -0.209. The molecule has 3 aromatic rings. The average Bonchev–Trinajstić information content (AvgIpc) is 2.70. The Morgan fingerprint density at radius 1 is 1.00 bits per heavy atom. The number of nitrogens with zero attached hydrogens (tertiary/aromatic N) is 2. The van der Waals surface area contributed by atoms with Gasteiger partial charge in [0.05, 0.1) is 17.4 Å². The van der Waals surface area contributed by atoms with Crippen LogP contribution in [0.5, 0.6) is 0 Å². The van der Waals surface area contributed by atoms with Gasteiger partial charge in [-0.3, -0.25) is 9.59 Å². The highest BCUT2D eigenvalue weighted by Crippen LogP contribution is 2.14. The number of hydrogen-bond donors (Lipinski definition) is 1. The summed E-state index contributed by atoms with van der Waals surface area (Å²) in [6.45, 7) is 3.32. The summed E-state index contributed by atoms with van der Waals surface area (Å²) in [4.78, 5) is 36.3. The Morgan fingerprint density at radius 2 is 1.69 bits per heavy atom. The zero-order valence-corrected chi connectivity index (χ0v) is 16.2.